The van der Waals surface area contributed by atoms with E-state index >= 15 is 0 Å². The number of hydrogen-bond donors (Lipinski definition) is 2. The molecule has 5 nitrogen and oxygen atoms in total. The third-order valence-electron chi connectivity index (χ3n) is 3.24. The van der Waals surface area contributed by atoms with Gasteiger partial charge in [-0.25, -0.2) is 9.18 Å². The van der Waals surface area contributed by atoms with Gasteiger partial charge in [0.05, 0.1) is 18.6 Å². The number of nitrogens with one attached hydrogen (secondary N) is 1. The summed E-state index contributed by atoms with van der Waals surface area (Å²) in [5.41, 5.74) is 0.525. The first-order valence-electron chi connectivity index (χ1n) is 6.58. The lowest BCUT2D eigenvalue weighted by molar-refractivity contribution is -0.131. The van der Waals surface area contributed by atoms with E-state index in [1.807, 2.05) is 6.92 Å². The van der Waals surface area contributed by atoms with Crippen LogP contribution < -0.4 is 5.32 Å². The number of aliphatic carboxylic acids is 1. The van der Waals surface area contributed by atoms with Crippen molar-refractivity contribution in [2.75, 3.05) is 11.9 Å². The third-order valence-corrected chi connectivity index (χ3v) is 3.24. The highest BCUT2D eigenvalue weighted by Crippen LogP contribution is 2.22. The number of anilines is 1. The molecule has 0 bridgehead atoms. The van der Waals surface area contributed by atoms with Crippen LogP contribution in [0.15, 0.2) is 24.3 Å². The van der Waals surface area contributed by atoms with E-state index in [9.17, 15) is 14.0 Å². The highest BCUT2D eigenvalue weighted by atomic mass is 19.1. The van der Waals surface area contributed by atoms with Crippen molar-refractivity contribution in [1.29, 1.82) is 0 Å². The topological polar surface area (TPSA) is 75.6 Å². The van der Waals surface area contributed by atoms with Gasteiger partial charge in [0.25, 0.3) is 0 Å². The number of ether oxygens (including phenoxy) is 1. The Hall–Kier alpha value is -2.21. The van der Waals surface area contributed by atoms with E-state index in [0.29, 0.717) is 18.7 Å². The van der Waals surface area contributed by atoms with E-state index in [2.05, 4.69) is 5.32 Å². The van der Waals surface area contributed by atoms with Crippen LogP contribution in [0.4, 0.5) is 10.1 Å². The fourth-order valence-corrected chi connectivity index (χ4v) is 2.15. The molecule has 0 radical (unpaired) electrons. The van der Waals surface area contributed by atoms with Crippen molar-refractivity contribution in [2.24, 2.45) is 5.92 Å². The van der Waals surface area contributed by atoms with Crippen molar-refractivity contribution in [3.8, 4) is 0 Å². The van der Waals surface area contributed by atoms with Gasteiger partial charge in [-0.2, -0.15) is 0 Å². The molecule has 0 spiro atoms. The summed E-state index contributed by atoms with van der Waals surface area (Å²) >= 11 is 0. The Morgan fingerprint density at radius 1 is 1.48 bits per heavy atom. The maximum absolute atomic E-state index is 13.5. The summed E-state index contributed by atoms with van der Waals surface area (Å²) in [6.45, 7) is 2.28. The zero-order chi connectivity index (χ0) is 15.4. The summed E-state index contributed by atoms with van der Waals surface area (Å²) in [7, 11) is 0. The SMILES string of the molecule is CC1CC(C(=O)Nc2ccc(F)c(/C=C/C(=O)O)c2)CO1. The van der Waals surface area contributed by atoms with Crippen LogP contribution in [0.5, 0.6) is 0 Å². The largest absolute Gasteiger partial charge is 0.478 e. The van der Waals surface area contributed by atoms with E-state index in [0.717, 1.165) is 12.2 Å². The lowest BCUT2D eigenvalue weighted by Crippen LogP contribution is -2.23. The molecule has 0 saturated carbocycles. The Bertz CT molecular complexity index is 585. The van der Waals surface area contributed by atoms with Crippen molar-refractivity contribution in [2.45, 2.75) is 19.4 Å². The van der Waals surface area contributed by atoms with Crippen LogP contribution in [0.3, 0.4) is 0 Å². The molecule has 112 valence electrons. The number of carboxylic acid groups (broad SMARTS) is 1. The molecule has 1 aliphatic rings. The van der Waals surface area contributed by atoms with Gasteiger partial charge in [-0.15, -0.1) is 0 Å². The first kappa shape index (κ1) is 15.2. The second-order valence-electron chi connectivity index (χ2n) is 4.97. The lowest BCUT2D eigenvalue weighted by atomic mass is 10.1. The predicted octanol–water partition coefficient (Wildman–Crippen LogP) is 2.29. The number of halogens is 1. The predicted molar refractivity (Wildman–Crippen MR) is 75.2 cm³/mol. The minimum atomic E-state index is -1.17. The average molecular weight is 293 g/mol. The molecule has 0 aliphatic carbocycles. The van der Waals surface area contributed by atoms with Crippen molar-refractivity contribution < 1.29 is 23.8 Å². The monoisotopic (exact) mass is 293 g/mol. The van der Waals surface area contributed by atoms with Gasteiger partial charge < -0.3 is 15.2 Å². The molecule has 6 heteroatoms. The van der Waals surface area contributed by atoms with Gasteiger partial charge in [0.2, 0.25) is 5.91 Å². The van der Waals surface area contributed by atoms with E-state index < -0.39 is 11.8 Å². The van der Waals surface area contributed by atoms with Crippen molar-refractivity contribution >= 4 is 23.6 Å². The summed E-state index contributed by atoms with van der Waals surface area (Å²) in [5, 5.41) is 11.2. The van der Waals surface area contributed by atoms with Crippen LogP contribution in [-0.2, 0) is 14.3 Å². The first-order valence-corrected chi connectivity index (χ1v) is 6.58. The molecule has 2 N–H and O–H groups in total. The molecule has 2 unspecified atom stereocenters. The van der Waals surface area contributed by atoms with E-state index in [-0.39, 0.29) is 23.5 Å². The molecular formula is C15H16FNO4. The molecule has 1 saturated heterocycles. The molecule has 21 heavy (non-hydrogen) atoms. The minimum Gasteiger partial charge on any atom is -0.478 e. The number of carboxylic acids is 1. The molecule has 2 atom stereocenters. The van der Waals surface area contributed by atoms with Gasteiger partial charge in [-0.05, 0) is 37.6 Å². The number of carbonyl (C=O) groups is 2. The molecule has 1 fully saturated rings. The van der Waals surface area contributed by atoms with Gasteiger partial charge in [0, 0.05) is 17.3 Å². The second-order valence-corrected chi connectivity index (χ2v) is 4.97. The van der Waals surface area contributed by atoms with Crippen molar-refractivity contribution in [1.82, 2.24) is 0 Å². The number of rotatable bonds is 4. The number of carbonyl (C=O) groups excluding carboxylic acids is 1. The van der Waals surface area contributed by atoms with Crippen molar-refractivity contribution in [3.05, 3.63) is 35.7 Å². The van der Waals surface area contributed by atoms with Crippen LogP contribution in [0, 0.1) is 11.7 Å². The first-order chi connectivity index (χ1) is 9.95. The minimum absolute atomic E-state index is 0.0584. The summed E-state index contributed by atoms with van der Waals surface area (Å²) in [6, 6.07) is 4.02. The average Bonchev–Trinajstić information content (AvgIpc) is 2.86. The van der Waals surface area contributed by atoms with Crippen LogP contribution in [0.25, 0.3) is 6.08 Å². The van der Waals surface area contributed by atoms with Gasteiger partial charge in [0.1, 0.15) is 5.82 Å². The van der Waals surface area contributed by atoms with Gasteiger partial charge in [-0.3, -0.25) is 4.79 Å². The quantitative estimate of drug-likeness (QED) is 0.835. The summed E-state index contributed by atoms with van der Waals surface area (Å²) in [4.78, 5) is 22.5. The van der Waals surface area contributed by atoms with Gasteiger partial charge >= 0.3 is 5.97 Å². The summed E-state index contributed by atoms with van der Waals surface area (Å²) in [5.74, 6) is -2.12. The zero-order valence-corrected chi connectivity index (χ0v) is 11.5. The van der Waals surface area contributed by atoms with Crippen LogP contribution >= 0.6 is 0 Å². The van der Waals surface area contributed by atoms with Crippen molar-refractivity contribution in [3.63, 3.8) is 0 Å². The number of amides is 1. The Morgan fingerprint density at radius 3 is 2.86 bits per heavy atom. The standard InChI is InChI=1S/C15H16FNO4/c1-9-6-11(8-21-9)15(20)17-12-3-4-13(16)10(7-12)2-5-14(18)19/h2-5,7,9,11H,6,8H2,1H3,(H,17,20)(H,18,19)/b5-2+. The molecule has 1 amide bonds. The van der Waals surface area contributed by atoms with Crippen LogP contribution in [0.1, 0.15) is 18.9 Å². The van der Waals surface area contributed by atoms with Crippen LogP contribution in [0.2, 0.25) is 0 Å². The second kappa shape index (κ2) is 6.49. The fourth-order valence-electron chi connectivity index (χ4n) is 2.15. The molecular weight excluding hydrogens is 277 g/mol. The molecule has 0 aromatic heterocycles. The summed E-state index contributed by atoms with van der Waals surface area (Å²) < 4.78 is 18.9. The van der Waals surface area contributed by atoms with E-state index in [4.69, 9.17) is 9.84 Å². The Kier molecular flexibility index (Phi) is 4.70. The summed E-state index contributed by atoms with van der Waals surface area (Å²) in [6.07, 6.45) is 2.70. The van der Waals surface area contributed by atoms with Crippen LogP contribution in [-0.4, -0.2) is 29.7 Å². The molecule has 1 aromatic carbocycles. The smallest absolute Gasteiger partial charge is 0.328 e. The zero-order valence-electron chi connectivity index (χ0n) is 11.5. The Morgan fingerprint density at radius 2 is 2.24 bits per heavy atom. The maximum atomic E-state index is 13.5. The van der Waals surface area contributed by atoms with E-state index in [1.54, 1.807) is 0 Å². The molecule has 1 heterocycles. The van der Waals surface area contributed by atoms with E-state index in [1.165, 1.54) is 18.2 Å². The number of hydrogen-bond acceptors (Lipinski definition) is 3. The third kappa shape index (κ3) is 4.13. The normalized spacial score (nSPS) is 21.6. The molecule has 1 aromatic rings. The Balaban J connectivity index is 2.08. The Labute approximate surface area is 121 Å². The highest BCUT2D eigenvalue weighted by Gasteiger charge is 2.28. The molecule has 1 aliphatic heterocycles. The number of benzene rings is 1. The highest BCUT2D eigenvalue weighted by molar-refractivity contribution is 5.93. The van der Waals surface area contributed by atoms with Gasteiger partial charge in [-0.1, -0.05) is 0 Å². The maximum Gasteiger partial charge on any atom is 0.328 e. The molecule has 2 rings (SSSR count). The van der Waals surface area contributed by atoms with Gasteiger partial charge in [0.15, 0.2) is 0 Å². The lowest BCUT2D eigenvalue weighted by Gasteiger charge is -2.10. The fraction of sp³-hybridized carbons (Fsp3) is 0.333.